The summed E-state index contributed by atoms with van der Waals surface area (Å²) in [6.45, 7) is 1.78. The van der Waals surface area contributed by atoms with E-state index in [1.807, 2.05) is 6.07 Å². The van der Waals surface area contributed by atoms with Gasteiger partial charge in [0.15, 0.2) is 6.61 Å². The predicted molar refractivity (Wildman–Crippen MR) is 87.6 cm³/mol. The number of carbonyl (C=O) groups is 1. The van der Waals surface area contributed by atoms with Crippen LogP contribution in [0.2, 0.25) is 0 Å². The fourth-order valence-electron chi connectivity index (χ4n) is 2.14. The van der Waals surface area contributed by atoms with Crippen molar-refractivity contribution in [1.29, 1.82) is 0 Å². The van der Waals surface area contributed by atoms with Crippen molar-refractivity contribution in [1.82, 2.24) is 25.5 Å². The van der Waals surface area contributed by atoms with Gasteiger partial charge in [0.05, 0.1) is 5.69 Å². The van der Waals surface area contributed by atoms with Gasteiger partial charge in [-0.1, -0.05) is 18.2 Å². The Bertz CT molecular complexity index is 867. The Kier molecular flexibility index (Phi) is 4.98. The van der Waals surface area contributed by atoms with Gasteiger partial charge in [-0.15, -0.1) is 5.10 Å². The molecule has 1 N–H and O–H groups in total. The van der Waals surface area contributed by atoms with Gasteiger partial charge >= 0.3 is 0 Å². The summed E-state index contributed by atoms with van der Waals surface area (Å²) in [6.07, 6.45) is 1.46. The van der Waals surface area contributed by atoms with Crippen molar-refractivity contribution in [2.75, 3.05) is 6.61 Å². The second-order valence-electron chi connectivity index (χ2n) is 5.40. The Hall–Kier alpha value is -3.29. The molecule has 1 amide bonds. The molecule has 0 atom stereocenters. The number of halogens is 1. The summed E-state index contributed by atoms with van der Waals surface area (Å²) in [5.74, 6) is -0.0687. The summed E-state index contributed by atoms with van der Waals surface area (Å²) >= 11 is 0. The lowest BCUT2D eigenvalue weighted by Gasteiger charge is -2.09. The number of ether oxygens (including phenoxy) is 1. The molecule has 2 aromatic carbocycles. The van der Waals surface area contributed by atoms with E-state index in [0.717, 1.165) is 5.69 Å². The number of carbonyl (C=O) groups excluding carboxylic acids is 1. The van der Waals surface area contributed by atoms with Gasteiger partial charge in [-0.3, -0.25) is 4.79 Å². The van der Waals surface area contributed by atoms with Gasteiger partial charge in [-0.05, 0) is 46.7 Å². The van der Waals surface area contributed by atoms with Crippen LogP contribution < -0.4 is 10.1 Å². The van der Waals surface area contributed by atoms with Gasteiger partial charge in [0.25, 0.3) is 5.91 Å². The lowest BCUT2D eigenvalue weighted by Crippen LogP contribution is -2.28. The van der Waals surface area contributed by atoms with Crippen molar-refractivity contribution in [2.24, 2.45) is 0 Å². The zero-order valence-corrected chi connectivity index (χ0v) is 13.5. The normalized spacial score (nSPS) is 10.5. The van der Waals surface area contributed by atoms with Gasteiger partial charge < -0.3 is 10.1 Å². The number of nitrogens with zero attached hydrogens (tertiary/aromatic N) is 4. The van der Waals surface area contributed by atoms with Crippen LogP contribution in [0.5, 0.6) is 5.75 Å². The topological polar surface area (TPSA) is 81.9 Å². The Morgan fingerprint density at radius 3 is 2.92 bits per heavy atom. The van der Waals surface area contributed by atoms with Crippen molar-refractivity contribution >= 4 is 5.91 Å². The molecule has 3 aromatic rings. The molecule has 0 bridgehead atoms. The van der Waals surface area contributed by atoms with Gasteiger partial charge in [-0.2, -0.15) is 0 Å². The van der Waals surface area contributed by atoms with E-state index in [1.54, 1.807) is 37.3 Å². The van der Waals surface area contributed by atoms with Crippen LogP contribution in [-0.4, -0.2) is 32.7 Å². The molecule has 128 valence electrons. The number of aryl methyl sites for hydroxylation is 1. The van der Waals surface area contributed by atoms with E-state index in [1.165, 1.54) is 17.1 Å². The molecule has 0 aliphatic carbocycles. The minimum atomic E-state index is -0.297. The first kappa shape index (κ1) is 16.6. The van der Waals surface area contributed by atoms with E-state index in [4.69, 9.17) is 4.74 Å². The van der Waals surface area contributed by atoms with Gasteiger partial charge in [0.2, 0.25) is 0 Å². The lowest BCUT2D eigenvalue weighted by molar-refractivity contribution is -0.123. The molecule has 3 rings (SSSR count). The number of tetrazole rings is 1. The van der Waals surface area contributed by atoms with Crippen LogP contribution in [0.15, 0.2) is 48.8 Å². The smallest absolute Gasteiger partial charge is 0.258 e. The molecule has 0 unspecified atom stereocenters. The molecule has 0 aliphatic heterocycles. The molecule has 0 aliphatic rings. The summed E-state index contributed by atoms with van der Waals surface area (Å²) in [6, 6.07) is 11.9. The number of hydrogen-bond acceptors (Lipinski definition) is 5. The third-order valence-electron chi connectivity index (χ3n) is 3.53. The lowest BCUT2D eigenvalue weighted by atomic mass is 10.1. The van der Waals surface area contributed by atoms with Crippen LogP contribution in [0.1, 0.15) is 11.1 Å². The predicted octanol–water partition coefficient (Wildman–Crippen LogP) is 1.81. The van der Waals surface area contributed by atoms with Crippen LogP contribution in [0.25, 0.3) is 5.69 Å². The summed E-state index contributed by atoms with van der Waals surface area (Å²) in [4.78, 5) is 11.9. The van der Waals surface area contributed by atoms with Crippen LogP contribution in [0.4, 0.5) is 4.39 Å². The summed E-state index contributed by atoms with van der Waals surface area (Å²) < 4.78 is 20.4. The molecule has 1 aromatic heterocycles. The highest BCUT2D eigenvalue weighted by Crippen LogP contribution is 2.15. The Morgan fingerprint density at radius 1 is 1.28 bits per heavy atom. The van der Waals surface area contributed by atoms with E-state index >= 15 is 0 Å². The maximum Gasteiger partial charge on any atom is 0.258 e. The number of aromatic nitrogens is 4. The van der Waals surface area contributed by atoms with Crippen LogP contribution in [-0.2, 0) is 11.3 Å². The van der Waals surface area contributed by atoms with Crippen molar-refractivity contribution in [3.8, 4) is 11.4 Å². The first-order valence-corrected chi connectivity index (χ1v) is 7.60. The standard InChI is InChI=1S/C17H16FN5O2/c1-12-5-6-13(7-16(12)18)9-19-17(24)10-25-15-4-2-3-14(8-15)23-11-20-21-22-23/h2-8,11H,9-10H2,1H3,(H,19,24). The minimum absolute atomic E-state index is 0.145. The number of hydrogen-bond donors (Lipinski definition) is 1. The highest BCUT2D eigenvalue weighted by Gasteiger charge is 2.06. The van der Waals surface area contributed by atoms with E-state index < -0.39 is 0 Å². The number of benzene rings is 2. The van der Waals surface area contributed by atoms with Crippen LogP contribution in [0.3, 0.4) is 0 Å². The molecule has 0 fully saturated rings. The zero-order valence-electron chi connectivity index (χ0n) is 13.5. The van der Waals surface area contributed by atoms with E-state index in [9.17, 15) is 9.18 Å². The van der Waals surface area contributed by atoms with Crippen LogP contribution >= 0.6 is 0 Å². The Labute approximate surface area is 143 Å². The van der Waals surface area contributed by atoms with Crippen molar-refractivity contribution in [3.63, 3.8) is 0 Å². The fourth-order valence-corrected chi connectivity index (χ4v) is 2.14. The SMILES string of the molecule is Cc1ccc(CNC(=O)COc2cccc(-n3cnnn3)c2)cc1F. The molecule has 0 spiro atoms. The average molecular weight is 341 g/mol. The molecule has 0 saturated carbocycles. The number of nitrogens with one attached hydrogen (secondary N) is 1. The summed E-state index contributed by atoms with van der Waals surface area (Å²) in [5, 5.41) is 13.6. The molecule has 0 radical (unpaired) electrons. The first-order valence-electron chi connectivity index (χ1n) is 7.60. The molecular weight excluding hydrogens is 325 g/mol. The number of rotatable bonds is 6. The van der Waals surface area contributed by atoms with Gasteiger partial charge in [0.1, 0.15) is 17.9 Å². The fraction of sp³-hybridized carbons (Fsp3) is 0.176. The van der Waals surface area contributed by atoms with Gasteiger partial charge in [0, 0.05) is 12.6 Å². The van der Waals surface area contributed by atoms with Crippen molar-refractivity contribution in [3.05, 3.63) is 65.7 Å². The van der Waals surface area contributed by atoms with E-state index in [-0.39, 0.29) is 24.9 Å². The quantitative estimate of drug-likeness (QED) is 0.739. The van der Waals surface area contributed by atoms with Crippen molar-refractivity contribution in [2.45, 2.75) is 13.5 Å². The average Bonchev–Trinajstić information content (AvgIpc) is 3.16. The van der Waals surface area contributed by atoms with Gasteiger partial charge in [-0.25, -0.2) is 9.07 Å². The Morgan fingerprint density at radius 2 is 2.16 bits per heavy atom. The molecule has 7 nitrogen and oxygen atoms in total. The second-order valence-corrected chi connectivity index (χ2v) is 5.40. The third kappa shape index (κ3) is 4.37. The molecule has 8 heteroatoms. The maximum absolute atomic E-state index is 13.5. The van der Waals surface area contributed by atoms with Crippen LogP contribution in [0, 0.1) is 12.7 Å². The monoisotopic (exact) mass is 341 g/mol. The van der Waals surface area contributed by atoms with E-state index in [2.05, 4.69) is 20.8 Å². The molecule has 0 saturated heterocycles. The first-order chi connectivity index (χ1) is 12.1. The highest BCUT2D eigenvalue weighted by atomic mass is 19.1. The molecule has 1 heterocycles. The Balaban J connectivity index is 1.52. The summed E-state index contributed by atoms with van der Waals surface area (Å²) in [5.41, 5.74) is 1.98. The van der Waals surface area contributed by atoms with Crippen molar-refractivity contribution < 1.29 is 13.9 Å². The largest absolute Gasteiger partial charge is 0.484 e. The zero-order chi connectivity index (χ0) is 17.6. The molecular formula is C17H16FN5O2. The maximum atomic E-state index is 13.5. The molecule has 25 heavy (non-hydrogen) atoms. The van der Waals surface area contributed by atoms with E-state index in [0.29, 0.717) is 16.9 Å². The minimum Gasteiger partial charge on any atom is -0.484 e. The second kappa shape index (κ2) is 7.52. The third-order valence-corrected chi connectivity index (χ3v) is 3.53. The number of amides is 1. The highest BCUT2D eigenvalue weighted by molar-refractivity contribution is 5.77. The summed E-state index contributed by atoms with van der Waals surface area (Å²) in [7, 11) is 0.